The van der Waals surface area contributed by atoms with Gasteiger partial charge in [0, 0.05) is 5.56 Å². The quantitative estimate of drug-likeness (QED) is 0.823. The first-order valence-electron chi connectivity index (χ1n) is 6.43. The third-order valence-electron chi connectivity index (χ3n) is 3.83. The molecule has 1 saturated carbocycles. The number of hydrogen-bond donors (Lipinski definition) is 1. The molecule has 2 rings (SSSR count). The van der Waals surface area contributed by atoms with Crippen molar-refractivity contribution in [3.05, 3.63) is 33.8 Å². The second kappa shape index (κ2) is 6.11. The van der Waals surface area contributed by atoms with Gasteiger partial charge in [0.25, 0.3) is 0 Å². The van der Waals surface area contributed by atoms with Gasteiger partial charge in [0.1, 0.15) is 11.6 Å². The lowest BCUT2D eigenvalue weighted by Gasteiger charge is -2.32. The normalized spacial score (nSPS) is 24.2. The molecule has 4 heteroatoms. The third-order valence-corrected chi connectivity index (χ3v) is 4.44. The van der Waals surface area contributed by atoms with Crippen LogP contribution in [-0.4, -0.2) is 13.6 Å². The maximum atomic E-state index is 14.2. The van der Waals surface area contributed by atoms with Crippen LogP contribution in [0, 0.1) is 17.6 Å². The summed E-state index contributed by atoms with van der Waals surface area (Å²) in [6, 6.07) is 2.79. The van der Waals surface area contributed by atoms with Crippen molar-refractivity contribution in [2.45, 2.75) is 31.6 Å². The van der Waals surface area contributed by atoms with Crippen molar-refractivity contribution < 1.29 is 8.78 Å². The molecule has 0 aromatic heterocycles. The van der Waals surface area contributed by atoms with Crippen molar-refractivity contribution in [2.24, 2.45) is 5.92 Å². The molecule has 1 N–H and O–H groups in total. The number of halogens is 3. The van der Waals surface area contributed by atoms with Gasteiger partial charge in [0.05, 0.1) is 4.47 Å². The van der Waals surface area contributed by atoms with Crippen molar-refractivity contribution in [1.29, 1.82) is 0 Å². The molecule has 0 bridgehead atoms. The predicted octanol–water partition coefficient (Wildman–Crippen LogP) is 4.22. The maximum absolute atomic E-state index is 14.2. The number of nitrogens with one attached hydrogen (secondary N) is 1. The fourth-order valence-corrected chi connectivity index (χ4v) is 3.32. The zero-order chi connectivity index (χ0) is 13.1. The molecule has 1 aromatic rings. The average Bonchev–Trinajstić information content (AvgIpc) is 2.37. The Labute approximate surface area is 115 Å². The van der Waals surface area contributed by atoms with E-state index < -0.39 is 11.6 Å². The molecule has 0 heterocycles. The van der Waals surface area contributed by atoms with Gasteiger partial charge >= 0.3 is 0 Å². The number of hydrogen-bond acceptors (Lipinski definition) is 1. The predicted molar refractivity (Wildman–Crippen MR) is 72.7 cm³/mol. The summed E-state index contributed by atoms with van der Waals surface area (Å²) >= 11 is 3.15. The minimum Gasteiger partial charge on any atom is -0.319 e. The fourth-order valence-electron chi connectivity index (χ4n) is 2.98. The summed E-state index contributed by atoms with van der Waals surface area (Å²) < 4.78 is 28.5. The molecule has 0 amide bonds. The van der Waals surface area contributed by atoms with E-state index in [1.54, 1.807) is 0 Å². The molecule has 0 spiro atoms. The van der Waals surface area contributed by atoms with E-state index in [2.05, 4.69) is 21.2 Å². The van der Waals surface area contributed by atoms with E-state index in [0.717, 1.165) is 32.2 Å². The lowest BCUT2D eigenvalue weighted by atomic mass is 9.75. The van der Waals surface area contributed by atoms with Crippen molar-refractivity contribution in [3.63, 3.8) is 0 Å². The van der Waals surface area contributed by atoms with Gasteiger partial charge in [0.2, 0.25) is 0 Å². The smallest absolute Gasteiger partial charge is 0.143 e. The van der Waals surface area contributed by atoms with Gasteiger partial charge in [-0.15, -0.1) is 0 Å². The average molecular weight is 318 g/mol. The zero-order valence-corrected chi connectivity index (χ0v) is 12.1. The monoisotopic (exact) mass is 317 g/mol. The minimum absolute atomic E-state index is 0.0105. The molecular weight excluding hydrogens is 300 g/mol. The second-order valence-corrected chi connectivity index (χ2v) is 5.82. The summed E-state index contributed by atoms with van der Waals surface area (Å²) in [6.07, 6.45) is 4.11. The van der Waals surface area contributed by atoms with Crippen molar-refractivity contribution in [2.75, 3.05) is 13.6 Å². The van der Waals surface area contributed by atoms with E-state index in [9.17, 15) is 8.78 Å². The molecule has 100 valence electrons. The van der Waals surface area contributed by atoms with Crippen LogP contribution in [0.3, 0.4) is 0 Å². The van der Waals surface area contributed by atoms with Crippen LogP contribution in [0.25, 0.3) is 0 Å². The van der Waals surface area contributed by atoms with Crippen molar-refractivity contribution in [3.8, 4) is 0 Å². The Hall–Kier alpha value is -0.480. The molecule has 0 aliphatic heterocycles. The van der Waals surface area contributed by atoms with Crippen molar-refractivity contribution >= 4 is 15.9 Å². The van der Waals surface area contributed by atoms with Crippen LogP contribution in [0.5, 0.6) is 0 Å². The summed E-state index contributed by atoms with van der Waals surface area (Å²) in [6.45, 7) is 0.816. The van der Waals surface area contributed by atoms with Gasteiger partial charge in [-0.1, -0.05) is 12.8 Å². The van der Waals surface area contributed by atoms with Crippen LogP contribution in [0.4, 0.5) is 8.78 Å². The van der Waals surface area contributed by atoms with Crippen LogP contribution in [0.2, 0.25) is 0 Å². The van der Waals surface area contributed by atoms with Crippen LogP contribution in [0.1, 0.15) is 37.2 Å². The number of rotatable bonds is 3. The molecule has 0 saturated heterocycles. The molecule has 1 aliphatic rings. The van der Waals surface area contributed by atoms with Crippen molar-refractivity contribution in [1.82, 2.24) is 5.32 Å². The van der Waals surface area contributed by atoms with E-state index in [4.69, 9.17) is 0 Å². The van der Waals surface area contributed by atoms with Crippen LogP contribution < -0.4 is 5.32 Å². The molecule has 18 heavy (non-hydrogen) atoms. The largest absolute Gasteiger partial charge is 0.319 e. The summed E-state index contributed by atoms with van der Waals surface area (Å²) in [4.78, 5) is 0. The highest BCUT2D eigenvalue weighted by Crippen LogP contribution is 2.40. The first-order chi connectivity index (χ1) is 8.65. The summed E-state index contributed by atoms with van der Waals surface area (Å²) in [5.74, 6) is -0.530. The molecule has 1 aromatic carbocycles. The molecule has 1 nitrogen and oxygen atoms in total. The highest BCUT2D eigenvalue weighted by Gasteiger charge is 2.30. The van der Waals surface area contributed by atoms with Crippen LogP contribution in [0.15, 0.2) is 16.6 Å². The first-order valence-corrected chi connectivity index (χ1v) is 7.22. The maximum Gasteiger partial charge on any atom is 0.143 e. The molecular formula is C14H18BrF2N. The molecule has 0 radical (unpaired) electrons. The van der Waals surface area contributed by atoms with Gasteiger partial charge in [-0.05, 0) is 66.3 Å². The van der Waals surface area contributed by atoms with Gasteiger partial charge in [0.15, 0.2) is 0 Å². The summed E-state index contributed by atoms with van der Waals surface area (Å²) in [5, 5.41) is 3.13. The molecule has 1 fully saturated rings. The van der Waals surface area contributed by atoms with Gasteiger partial charge in [-0.25, -0.2) is 8.78 Å². The summed E-state index contributed by atoms with van der Waals surface area (Å²) in [5.41, 5.74) is 0.268. The Morgan fingerprint density at radius 1 is 1.28 bits per heavy atom. The van der Waals surface area contributed by atoms with E-state index in [-0.39, 0.29) is 11.5 Å². The van der Waals surface area contributed by atoms with Crippen LogP contribution >= 0.6 is 15.9 Å². The SMILES string of the molecule is CNCC1CCCCC1c1c(F)ccc(Br)c1F. The standard InChI is InChI=1S/C14H18BrF2N/c1-18-8-9-4-2-3-5-10(9)13-12(16)7-6-11(15)14(13)17/h6-7,9-10,18H,2-5,8H2,1H3. The minimum atomic E-state index is -0.428. The highest BCUT2D eigenvalue weighted by atomic mass is 79.9. The Morgan fingerprint density at radius 2 is 2.00 bits per heavy atom. The molecule has 2 unspecified atom stereocenters. The Balaban J connectivity index is 2.36. The number of benzene rings is 1. The molecule has 1 aliphatic carbocycles. The van der Waals surface area contributed by atoms with Crippen LogP contribution in [-0.2, 0) is 0 Å². The Kier molecular flexibility index (Phi) is 4.73. The summed E-state index contributed by atoms with van der Waals surface area (Å²) in [7, 11) is 1.89. The van der Waals surface area contributed by atoms with E-state index in [1.165, 1.54) is 12.1 Å². The Bertz CT molecular complexity index is 421. The zero-order valence-electron chi connectivity index (χ0n) is 10.5. The van der Waals surface area contributed by atoms with Gasteiger partial charge in [-0.2, -0.15) is 0 Å². The van der Waals surface area contributed by atoms with E-state index in [0.29, 0.717) is 10.4 Å². The van der Waals surface area contributed by atoms with E-state index >= 15 is 0 Å². The fraction of sp³-hybridized carbons (Fsp3) is 0.571. The first kappa shape index (κ1) is 13.9. The second-order valence-electron chi connectivity index (χ2n) is 4.97. The third kappa shape index (κ3) is 2.75. The lowest BCUT2D eigenvalue weighted by Crippen LogP contribution is -2.28. The van der Waals surface area contributed by atoms with Gasteiger partial charge in [-0.3, -0.25) is 0 Å². The molecule has 2 atom stereocenters. The topological polar surface area (TPSA) is 12.0 Å². The lowest BCUT2D eigenvalue weighted by molar-refractivity contribution is 0.288. The van der Waals surface area contributed by atoms with E-state index in [1.807, 2.05) is 7.05 Å². The Morgan fingerprint density at radius 3 is 2.72 bits per heavy atom. The highest BCUT2D eigenvalue weighted by molar-refractivity contribution is 9.10. The van der Waals surface area contributed by atoms with Gasteiger partial charge < -0.3 is 5.32 Å².